The van der Waals surface area contributed by atoms with Crippen molar-refractivity contribution in [3.63, 3.8) is 0 Å². The first-order valence-corrected chi connectivity index (χ1v) is 21.6. The van der Waals surface area contributed by atoms with Gasteiger partial charge in [0.1, 0.15) is 21.2 Å². The van der Waals surface area contributed by atoms with Crippen LogP contribution in [-0.4, -0.2) is 42.1 Å². The molecule has 0 amide bonds. The molecule has 0 bridgehead atoms. The summed E-state index contributed by atoms with van der Waals surface area (Å²) in [6.07, 6.45) is 6.66. The number of phenolic OH excluding ortho intramolecular Hbond substituents is 1. The van der Waals surface area contributed by atoms with Gasteiger partial charge in [0.05, 0.1) is 27.1 Å². The number of nitrogens with zero attached hydrogens (tertiary/aromatic N) is 4. The van der Waals surface area contributed by atoms with E-state index in [2.05, 4.69) is 29.9 Å². The van der Waals surface area contributed by atoms with E-state index in [1.165, 1.54) is 64.4 Å². The van der Waals surface area contributed by atoms with E-state index in [0.29, 0.717) is 16.8 Å². The van der Waals surface area contributed by atoms with Gasteiger partial charge < -0.3 is 26.2 Å². The van der Waals surface area contributed by atoms with Gasteiger partial charge in [-0.3, -0.25) is 0 Å². The smallest absolute Gasteiger partial charge is 0.871 e. The van der Waals surface area contributed by atoms with Crippen molar-refractivity contribution in [3.8, 4) is 23.0 Å². The van der Waals surface area contributed by atoms with Crippen molar-refractivity contribution < 1.29 is 54.0 Å². The summed E-state index contributed by atoms with van der Waals surface area (Å²) in [4.78, 5) is -0.631. The van der Waals surface area contributed by atoms with Crippen LogP contribution in [0.15, 0.2) is 127 Å². The van der Waals surface area contributed by atoms with Crippen molar-refractivity contribution in [1.82, 2.24) is 9.44 Å². The molecule has 20 heteroatoms. The second-order valence-corrected chi connectivity index (χ2v) is 17.5. The van der Waals surface area contributed by atoms with Crippen LogP contribution in [0.3, 0.4) is 0 Å². The Hall–Kier alpha value is -4.89. The minimum Gasteiger partial charge on any atom is -0.871 e. The Morgan fingerprint density at radius 2 is 1.05 bits per heavy atom. The van der Waals surface area contributed by atoms with Crippen molar-refractivity contribution in [2.45, 2.75) is 47.9 Å². The van der Waals surface area contributed by atoms with Gasteiger partial charge in [0, 0.05) is 22.9 Å². The number of sulfonamides is 2. The average Bonchev–Trinajstić information content (AvgIpc) is 3.22. The van der Waals surface area contributed by atoms with Crippen LogP contribution < -0.4 is 30.5 Å². The first-order valence-electron chi connectivity index (χ1n) is 17.9. The van der Waals surface area contributed by atoms with Crippen LogP contribution >= 0.6 is 23.2 Å². The Kier molecular flexibility index (Phi) is 16.8. The first kappa shape index (κ1) is 47.8. The van der Waals surface area contributed by atoms with Gasteiger partial charge in [0.15, 0.2) is 0 Å². The molecule has 6 aromatic rings. The minimum atomic E-state index is -3.87. The largest absolute Gasteiger partial charge is 3.00 e. The molecular formula is C40H38Cl2CoN7O8S2. The molecule has 316 valence electrons. The Balaban J connectivity index is 0.000000224. The van der Waals surface area contributed by atoms with Crippen molar-refractivity contribution >= 4 is 87.5 Å². The maximum atomic E-state index is 12.1. The standard InChI is InChI=1S/2C17H14ClN3O4S.C6H13N.Co/c2*1-19-26(24,25)16-9-15(23)13(8-12(16)18)20-21-17-11-5-3-2-4-10(11)6-7-14(17)22;7-6-4-2-1-3-5-6;/h2*2-9,19,22-23H,1H3;6H,1-5,7H2;/q;;;+3/p-3. The topological polar surface area (TPSA) is 257 Å². The molecule has 1 aliphatic rings. The summed E-state index contributed by atoms with van der Waals surface area (Å²) in [6.45, 7) is 0. The molecule has 1 saturated carbocycles. The third-order valence-electron chi connectivity index (χ3n) is 9.05. The molecular weight excluding hydrogens is 900 g/mol. The maximum Gasteiger partial charge on any atom is 3.00 e. The van der Waals surface area contributed by atoms with Crippen LogP contribution in [0, 0.1) is 0 Å². The van der Waals surface area contributed by atoms with Gasteiger partial charge in [-0.25, -0.2) is 26.3 Å². The van der Waals surface area contributed by atoms with Crippen LogP contribution in [0.4, 0.5) is 22.7 Å². The quantitative estimate of drug-likeness (QED) is 0.108. The van der Waals surface area contributed by atoms with E-state index in [1.807, 2.05) is 24.3 Å². The van der Waals surface area contributed by atoms with Gasteiger partial charge in [0.2, 0.25) is 20.0 Å². The number of hydrogen-bond donors (Lipinski definition) is 4. The van der Waals surface area contributed by atoms with Crippen molar-refractivity contribution in [2.75, 3.05) is 14.1 Å². The van der Waals surface area contributed by atoms with Crippen LogP contribution in [0.5, 0.6) is 23.0 Å². The molecule has 5 N–H and O–H groups in total. The van der Waals surface area contributed by atoms with E-state index >= 15 is 0 Å². The number of halogens is 2. The predicted molar refractivity (Wildman–Crippen MR) is 223 cm³/mol. The van der Waals surface area contributed by atoms with Crippen molar-refractivity contribution in [2.24, 2.45) is 26.2 Å². The van der Waals surface area contributed by atoms with Crippen LogP contribution in [0.1, 0.15) is 32.1 Å². The molecule has 0 radical (unpaired) electrons. The molecule has 6 aromatic carbocycles. The number of nitrogens with one attached hydrogen (secondary N) is 2. The molecule has 0 unspecified atom stereocenters. The number of azo groups is 2. The van der Waals surface area contributed by atoms with Crippen molar-refractivity contribution in [1.29, 1.82) is 0 Å². The Morgan fingerprint density at radius 3 is 1.50 bits per heavy atom. The normalized spacial score (nSPS) is 13.4. The fourth-order valence-corrected chi connectivity index (χ4v) is 8.39. The summed E-state index contributed by atoms with van der Waals surface area (Å²) in [7, 11) is -5.27. The zero-order valence-corrected chi connectivity index (χ0v) is 36.1. The zero-order valence-electron chi connectivity index (χ0n) is 31.9. The summed E-state index contributed by atoms with van der Waals surface area (Å²) >= 11 is 11.9. The van der Waals surface area contributed by atoms with Gasteiger partial charge in [-0.05, 0) is 55.9 Å². The fraction of sp³-hybridized carbons (Fsp3) is 0.200. The van der Waals surface area contributed by atoms with Gasteiger partial charge in [-0.15, -0.1) is 5.11 Å². The van der Waals surface area contributed by atoms with E-state index in [1.54, 1.807) is 36.4 Å². The monoisotopic (exact) mass is 937 g/mol. The van der Waals surface area contributed by atoms with Gasteiger partial charge in [-0.1, -0.05) is 133 Å². The molecule has 0 saturated heterocycles. The van der Waals surface area contributed by atoms with E-state index in [-0.39, 0.29) is 70.9 Å². The summed E-state index contributed by atoms with van der Waals surface area (Å²) in [5.74, 6) is -1.79. The first-order chi connectivity index (χ1) is 28.1. The van der Waals surface area contributed by atoms with E-state index in [4.69, 9.17) is 28.9 Å². The number of phenols is 1. The number of hydrogen-bond acceptors (Lipinski definition) is 13. The number of fused-ring (bicyclic) bond motifs is 2. The number of aromatic hydroxyl groups is 1. The summed E-state index contributed by atoms with van der Waals surface area (Å²) in [5.41, 5.74) is 5.61. The summed E-state index contributed by atoms with van der Waals surface area (Å²) in [6, 6.07) is 25.0. The molecule has 0 atom stereocenters. The Bertz CT molecular complexity index is 2590. The van der Waals surface area contributed by atoms with Crippen LogP contribution in [-0.2, 0) is 36.8 Å². The molecule has 1 fully saturated rings. The molecule has 0 heterocycles. The Morgan fingerprint density at radius 1 is 0.617 bits per heavy atom. The molecule has 0 aliphatic heterocycles. The summed E-state index contributed by atoms with van der Waals surface area (Å²) < 4.78 is 51.6. The SMILES string of the molecule is CNS(=O)(=O)c1cc(O)c(N=Nc2c([O-])ccc3ccccc23)cc1Cl.CNS(=O)(=O)c1cc([O-])c(N=Nc2c([O-])ccc3ccccc23)cc1Cl.NC1CCCCC1.[Co+3]. The molecule has 1 aliphatic carbocycles. The summed E-state index contributed by atoms with van der Waals surface area (Å²) in [5, 5.41) is 64.4. The van der Waals surface area contributed by atoms with E-state index in [9.17, 15) is 37.3 Å². The number of nitrogens with two attached hydrogens (primary N) is 1. The third-order valence-corrected chi connectivity index (χ3v) is 12.8. The minimum absolute atomic E-state index is 0. The molecule has 0 aromatic heterocycles. The Labute approximate surface area is 367 Å². The second kappa shape index (κ2) is 21.1. The van der Waals surface area contributed by atoms with Crippen LogP contribution in [0.2, 0.25) is 10.0 Å². The molecule has 15 nitrogen and oxygen atoms in total. The van der Waals surface area contributed by atoms with E-state index < -0.39 is 31.5 Å². The average molecular weight is 939 g/mol. The molecule has 0 spiro atoms. The molecule has 60 heavy (non-hydrogen) atoms. The van der Waals surface area contributed by atoms with E-state index in [0.717, 1.165) is 29.0 Å². The fourth-order valence-electron chi connectivity index (χ4n) is 5.86. The van der Waals surface area contributed by atoms with Crippen molar-refractivity contribution in [3.05, 3.63) is 107 Å². The predicted octanol–water partition coefficient (Wildman–Crippen LogP) is 7.84. The van der Waals surface area contributed by atoms with Crippen LogP contribution in [0.25, 0.3) is 21.5 Å². The molecule has 7 rings (SSSR count). The maximum absolute atomic E-state index is 12.1. The van der Waals surface area contributed by atoms with Gasteiger partial charge in [0.25, 0.3) is 0 Å². The third kappa shape index (κ3) is 11.7. The van der Waals surface area contributed by atoms with Gasteiger partial charge >= 0.3 is 16.8 Å². The second-order valence-electron chi connectivity index (χ2n) is 13.0. The number of benzene rings is 6. The zero-order chi connectivity index (χ0) is 42.9. The van der Waals surface area contributed by atoms with Gasteiger partial charge in [-0.2, -0.15) is 15.3 Å². The number of rotatable bonds is 8.